The van der Waals surface area contributed by atoms with Gasteiger partial charge in [0.1, 0.15) is 0 Å². The summed E-state index contributed by atoms with van der Waals surface area (Å²) in [5, 5.41) is 0. The van der Waals surface area contributed by atoms with Crippen molar-refractivity contribution in [2.45, 2.75) is 26.7 Å². The first-order valence-electron chi connectivity index (χ1n) is 2.80. The molecule has 0 aliphatic heterocycles. The fourth-order valence-corrected chi connectivity index (χ4v) is 0.833. The quantitative estimate of drug-likeness (QED) is 0.421. The van der Waals surface area contributed by atoms with E-state index in [0.717, 1.165) is 11.8 Å². The predicted molar refractivity (Wildman–Crippen MR) is 27.6 cm³/mol. The van der Waals surface area contributed by atoms with Crippen LogP contribution in [-0.4, -0.2) is 0 Å². The van der Waals surface area contributed by atoms with Crippen molar-refractivity contribution in [3.63, 3.8) is 0 Å². The Kier molecular flexibility index (Phi) is 0.868. The minimum atomic E-state index is 1.03. The van der Waals surface area contributed by atoms with Gasteiger partial charge >= 0.3 is 0 Å². The highest BCUT2D eigenvalue weighted by molar-refractivity contribution is 4.71. The van der Waals surface area contributed by atoms with Crippen LogP contribution in [0.15, 0.2) is 0 Å². The first-order chi connectivity index (χ1) is 2.80. The standard InChI is InChI=1S/C6H12/c1-5-3-4-6(5)2/h5-6H,3-4H2,1-2H3. The molecule has 6 heavy (non-hydrogen) atoms. The summed E-state index contributed by atoms with van der Waals surface area (Å²) in [4.78, 5) is 0. The Hall–Kier alpha value is 0. The van der Waals surface area contributed by atoms with E-state index in [1.807, 2.05) is 0 Å². The van der Waals surface area contributed by atoms with Crippen LogP contribution in [0.5, 0.6) is 0 Å². The molecule has 0 aromatic heterocycles. The molecule has 0 saturated heterocycles. The van der Waals surface area contributed by atoms with Gasteiger partial charge in [0.2, 0.25) is 0 Å². The van der Waals surface area contributed by atoms with Gasteiger partial charge in [0.25, 0.3) is 0 Å². The third-order valence-corrected chi connectivity index (χ3v) is 2.05. The van der Waals surface area contributed by atoms with Crippen LogP contribution < -0.4 is 0 Å². The largest absolute Gasteiger partial charge is 0.0623 e. The second kappa shape index (κ2) is 1.25. The van der Waals surface area contributed by atoms with Gasteiger partial charge in [-0.1, -0.05) is 26.7 Å². The zero-order valence-corrected chi connectivity index (χ0v) is 4.57. The SMILES string of the molecule is CC1CCC1C. The van der Waals surface area contributed by atoms with Crippen molar-refractivity contribution in [3.05, 3.63) is 0 Å². The van der Waals surface area contributed by atoms with Crippen LogP contribution >= 0.6 is 0 Å². The van der Waals surface area contributed by atoms with E-state index in [0.29, 0.717) is 0 Å². The third-order valence-electron chi connectivity index (χ3n) is 2.05. The van der Waals surface area contributed by atoms with E-state index in [9.17, 15) is 0 Å². The van der Waals surface area contributed by atoms with Gasteiger partial charge in [0.05, 0.1) is 0 Å². The molecule has 2 atom stereocenters. The summed E-state index contributed by atoms with van der Waals surface area (Å²) in [6.45, 7) is 4.66. The van der Waals surface area contributed by atoms with Crippen molar-refractivity contribution in [1.29, 1.82) is 0 Å². The Morgan fingerprint density at radius 2 is 1.33 bits per heavy atom. The molecule has 2 unspecified atom stereocenters. The lowest BCUT2D eigenvalue weighted by atomic mass is 9.77. The molecule has 1 aliphatic rings. The molecule has 0 aromatic carbocycles. The van der Waals surface area contributed by atoms with E-state index in [2.05, 4.69) is 13.8 Å². The maximum atomic E-state index is 2.33. The van der Waals surface area contributed by atoms with Crippen LogP contribution in [0, 0.1) is 11.8 Å². The first kappa shape index (κ1) is 4.17. The molecule has 1 aliphatic carbocycles. The maximum absolute atomic E-state index is 2.33. The second-order valence-electron chi connectivity index (χ2n) is 2.53. The van der Waals surface area contributed by atoms with Crippen molar-refractivity contribution in [3.8, 4) is 0 Å². The topological polar surface area (TPSA) is 0 Å². The maximum Gasteiger partial charge on any atom is -0.0417 e. The molecule has 0 nitrogen and oxygen atoms in total. The van der Waals surface area contributed by atoms with E-state index in [1.54, 1.807) is 0 Å². The van der Waals surface area contributed by atoms with Gasteiger partial charge in [-0.3, -0.25) is 0 Å². The van der Waals surface area contributed by atoms with E-state index >= 15 is 0 Å². The van der Waals surface area contributed by atoms with Gasteiger partial charge in [-0.15, -0.1) is 0 Å². The van der Waals surface area contributed by atoms with Crippen LogP contribution in [0.1, 0.15) is 26.7 Å². The molecular weight excluding hydrogens is 72.1 g/mol. The van der Waals surface area contributed by atoms with Crippen molar-refractivity contribution < 1.29 is 0 Å². The molecular formula is C6H12. The summed E-state index contributed by atoms with van der Waals surface area (Å²) in [6.07, 6.45) is 2.95. The van der Waals surface area contributed by atoms with Gasteiger partial charge < -0.3 is 0 Å². The molecule has 1 saturated carbocycles. The average molecular weight is 84.2 g/mol. The van der Waals surface area contributed by atoms with Crippen LogP contribution in [0.4, 0.5) is 0 Å². The van der Waals surface area contributed by atoms with Gasteiger partial charge in [0, 0.05) is 0 Å². The van der Waals surface area contributed by atoms with Gasteiger partial charge in [-0.2, -0.15) is 0 Å². The molecule has 0 aromatic rings. The smallest absolute Gasteiger partial charge is 0.0417 e. The highest BCUT2D eigenvalue weighted by atomic mass is 14.3. The minimum Gasteiger partial charge on any atom is -0.0623 e. The highest BCUT2D eigenvalue weighted by Crippen LogP contribution is 2.32. The van der Waals surface area contributed by atoms with E-state index in [-0.39, 0.29) is 0 Å². The summed E-state index contributed by atoms with van der Waals surface area (Å²) in [7, 11) is 0. The van der Waals surface area contributed by atoms with Crippen LogP contribution in [0.2, 0.25) is 0 Å². The molecule has 0 amide bonds. The first-order valence-corrected chi connectivity index (χ1v) is 2.80. The van der Waals surface area contributed by atoms with E-state index in [1.165, 1.54) is 12.8 Å². The Labute approximate surface area is 39.6 Å². The molecule has 0 heterocycles. The van der Waals surface area contributed by atoms with Crippen molar-refractivity contribution in [1.82, 2.24) is 0 Å². The summed E-state index contributed by atoms with van der Waals surface area (Å²) in [5.41, 5.74) is 0. The zero-order chi connectivity index (χ0) is 4.57. The summed E-state index contributed by atoms with van der Waals surface area (Å²) in [5.74, 6) is 2.06. The Bertz CT molecular complexity index is 40.0. The monoisotopic (exact) mass is 84.1 g/mol. The lowest BCUT2D eigenvalue weighted by Gasteiger charge is -2.29. The molecule has 1 rings (SSSR count). The number of hydrogen-bond donors (Lipinski definition) is 0. The number of hydrogen-bond acceptors (Lipinski definition) is 0. The molecule has 1 fully saturated rings. The highest BCUT2D eigenvalue weighted by Gasteiger charge is 2.20. The normalized spacial score (nSPS) is 45.0. The number of rotatable bonds is 0. The van der Waals surface area contributed by atoms with E-state index < -0.39 is 0 Å². The summed E-state index contributed by atoms with van der Waals surface area (Å²) < 4.78 is 0. The van der Waals surface area contributed by atoms with Crippen molar-refractivity contribution >= 4 is 0 Å². The molecule has 0 bridgehead atoms. The Balaban J connectivity index is 2.20. The van der Waals surface area contributed by atoms with Gasteiger partial charge in [-0.25, -0.2) is 0 Å². The zero-order valence-electron chi connectivity index (χ0n) is 4.57. The fourth-order valence-electron chi connectivity index (χ4n) is 0.833. The van der Waals surface area contributed by atoms with Crippen molar-refractivity contribution in [2.75, 3.05) is 0 Å². The summed E-state index contributed by atoms with van der Waals surface area (Å²) >= 11 is 0. The minimum absolute atomic E-state index is 1.03. The average Bonchev–Trinajstić information content (AvgIpc) is 1.61. The van der Waals surface area contributed by atoms with Crippen LogP contribution in [-0.2, 0) is 0 Å². The summed E-state index contributed by atoms with van der Waals surface area (Å²) in [6, 6.07) is 0. The lowest BCUT2D eigenvalue weighted by molar-refractivity contribution is 0.219. The Morgan fingerprint density at radius 3 is 1.33 bits per heavy atom. The molecule has 36 valence electrons. The Morgan fingerprint density at radius 1 is 1.00 bits per heavy atom. The third kappa shape index (κ3) is 0.444. The van der Waals surface area contributed by atoms with Crippen LogP contribution in [0.25, 0.3) is 0 Å². The molecule has 0 heteroatoms. The molecule has 0 N–H and O–H groups in total. The van der Waals surface area contributed by atoms with Crippen LogP contribution in [0.3, 0.4) is 0 Å². The lowest BCUT2D eigenvalue weighted by Crippen LogP contribution is -2.18. The predicted octanol–water partition coefficient (Wildman–Crippen LogP) is 2.05. The van der Waals surface area contributed by atoms with E-state index in [4.69, 9.17) is 0 Å². The molecule has 0 spiro atoms. The second-order valence-corrected chi connectivity index (χ2v) is 2.53. The van der Waals surface area contributed by atoms with Crippen molar-refractivity contribution in [2.24, 2.45) is 11.8 Å². The van der Waals surface area contributed by atoms with Gasteiger partial charge in [-0.05, 0) is 11.8 Å². The molecule has 0 radical (unpaired) electrons. The fraction of sp³-hybridized carbons (Fsp3) is 1.00. The van der Waals surface area contributed by atoms with Gasteiger partial charge in [0.15, 0.2) is 0 Å².